The van der Waals surface area contributed by atoms with Crippen molar-refractivity contribution in [3.8, 4) is 5.75 Å². The molecule has 21 heavy (non-hydrogen) atoms. The van der Waals surface area contributed by atoms with Crippen LogP contribution in [0.5, 0.6) is 5.75 Å². The van der Waals surface area contributed by atoms with Crippen LogP contribution in [0, 0.1) is 6.92 Å². The second-order valence-electron chi connectivity index (χ2n) is 5.17. The van der Waals surface area contributed by atoms with Gasteiger partial charge in [-0.05, 0) is 37.6 Å². The van der Waals surface area contributed by atoms with Crippen molar-refractivity contribution in [1.29, 1.82) is 0 Å². The molecule has 0 saturated carbocycles. The fourth-order valence-electron chi connectivity index (χ4n) is 2.47. The number of ether oxygens (including phenoxy) is 1. The molecule has 2 aromatic rings. The molecule has 1 unspecified atom stereocenters. The van der Waals surface area contributed by atoms with Crippen LogP contribution in [0.4, 0.5) is 0 Å². The van der Waals surface area contributed by atoms with Gasteiger partial charge >= 0.3 is 0 Å². The lowest BCUT2D eigenvalue weighted by Gasteiger charge is -2.18. The fourth-order valence-corrected chi connectivity index (χ4v) is 2.47. The number of aryl methyl sites for hydroxylation is 2. The lowest BCUT2D eigenvalue weighted by Crippen LogP contribution is -2.21. The smallest absolute Gasteiger partial charge is 0.138 e. The van der Waals surface area contributed by atoms with E-state index in [0.29, 0.717) is 0 Å². The Morgan fingerprint density at radius 1 is 1.38 bits per heavy atom. The number of hydrogen-bond donors (Lipinski definition) is 1. The van der Waals surface area contributed by atoms with Crippen LogP contribution in [0.25, 0.3) is 0 Å². The summed E-state index contributed by atoms with van der Waals surface area (Å²) in [6.45, 7) is 5.10. The summed E-state index contributed by atoms with van der Waals surface area (Å²) in [5.74, 6) is 1.93. The van der Waals surface area contributed by atoms with Gasteiger partial charge in [0.2, 0.25) is 0 Å². The molecule has 0 saturated heterocycles. The summed E-state index contributed by atoms with van der Waals surface area (Å²) in [7, 11) is 3.68. The largest absolute Gasteiger partial charge is 0.496 e. The fraction of sp³-hybridized carbons (Fsp3) is 0.500. The van der Waals surface area contributed by atoms with Gasteiger partial charge in [-0.25, -0.2) is 4.98 Å². The third-order valence-corrected chi connectivity index (χ3v) is 3.70. The van der Waals surface area contributed by atoms with Crippen LogP contribution < -0.4 is 10.1 Å². The van der Waals surface area contributed by atoms with E-state index >= 15 is 0 Å². The number of hydrogen-bond acceptors (Lipinski definition) is 4. The van der Waals surface area contributed by atoms with Crippen molar-refractivity contribution in [3.63, 3.8) is 0 Å². The lowest BCUT2D eigenvalue weighted by molar-refractivity contribution is 0.410. The molecule has 0 spiro atoms. The molecule has 0 aliphatic rings. The second-order valence-corrected chi connectivity index (χ2v) is 5.17. The molecule has 1 atom stereocenters. The number of likely N-dealkylation sites (N-methyl/N-ethyl adjacent to an activating group) is 1. The molecule has 0 bridgehead atoms. The lowest BCUT2D eigenvalue weighted by atomic mass is 10.0. The van der Waals surface area contributed by atoms with Gasteiger partial charge in [-0.15, -0.1) is 0 Å². The number of nitrogens with zero attached hydrogens (tertiary/aromatic N) is 3. The van der Waals surface area contributed by atoms with E-state index in [1.807, 2.05) is 11.7 Å². The topological polar surface area (TPSA) is 52.0 Å². The number of benzene rings is 1. The highest BCUT2D eigenvalue weighted by atomic mass is 16.5. The SMILES string of the molecule is CCCn1ncnc1CC(NC)c1ccc(C)c(OC)c1. The molecule has 2 rings (SSSR count). The van der Waals surface area contributed by atoms with Crippen molar-refractivity contribution in [2.45, 2.75) is 39.3 Å². The third kappa shape index (κ3) is 3.61. The molecule has 1 heterocycles. The van der Waals surface area contributed by atoms with E-state index in [1.165, 1.54) is 5.56 Å². The summed E-state index contributed by atoms with van der Waals surface area (Å²) in [5.41, 5.74) is 2.34. The Kier molecular flexibility index (Phi) is 5.33. The van der Waals surface area contributed by atoms with Crippen molar-refractivity contribution >= 4 is 0 Å². The predicted molar refractivity (Wildman–Crippen MR) is 83.5 cm³/mol. The Morgan fingerprint density at radius 3 is 2.86 bits per heavy atom. The van der Waals surface area contributed by atoms with E-state index < -0.39 is 0 Å². The van der Waals surface area contributed by atoms with Crippen molar-refractivity contribution in [1.82, 2.24) is 20.1 Å². The Hall–Kier alpha value is -1.88. The zero-order valence-electron chi connectivity index (χ0n) is 13.3. The third-order valence-electron chi connectivity index (χ3n) is 3.70. The molecule has 1 aromatic heterocycles. The first-order valence-corrected chi connectivity index (χ1v) is 7.38. The van der Waals surface area contributed by atoms with Crippen LogP contribution in [0.15, 0.2) is 24.5 Å². The summed E-state index contributed by atoms with van der Waals surface area (Å²) in [6.07, 6.45) is 3.50. The minimum absolute atomic E-state index is 0.194. The molecule has 0 amide bonds. The van der Waals surface area contributed by atoms with E-state index in [2.05, 4.69) is 47.4 Å². The molecule has 0 radical (unpaired) electrons. The highest BCUT2D eigenvalue weighted by molar-refractivity contribution is 5.38. The molecule has 5 heteroatoms. The van der Waals surface area contributed by atoms with Gasteiger partial charge in [0.05, 0.1) is 7.11 Å². The van der Waals surface area contributed by atoms with Crippen molar-refractivity contribution in [2.24, 2.45) is 0 Å². The van der Waals surface area contributed by atoms with Gasteiger partial charge in [0.25, 0.3) is 0 Å². The molecular weight excluding hydrogens is 264 g/mol. The molecular formula is C16H24N4O. The summed E-state index contributed by atoms with van der Waals surface area (Å²) < 4.78 is 7.40. The summed E-state index contributed by atoms with van der Waals surface area (Å²) in [4.78, 5) is 4.39. The van der Waals surface area contributed by atoms with Crippen molar-refractivity contribution in [2.75, 3.05) is 14.2 Å². The molecule has 0 aliphatic carbocycles. The highest BCUT2D eigenvalue weighted by Crippen LogP contribution is 2.24. The standard InChI is InChI=1S/C16H24N4O/c1-5-8-20-16(18-11-19-20)10-14(17-3)13-7-6-12(2)15(9-13)21-4/h6-7,9,11,14,17H,5,8,10H2,1-4H3. The van der Waals surface area contributed by atoms with E-state index in [4.69, 9.17) is 4.74 Å². The maximum absolute atomic E-state index is 5.42. The van der Waals surface area contributed by atoms with Crippen LogP contribution in [0.3, 0.4) is 0 Å². The van der Waals surface area contributed by atoms with Gasteiger partial charge in [0.1, 0.15) is 17.9 Å². The van der Waals surface area contributed by atoms with Crippen LogP contribution in [-0.2, 0) is 13.0 Å². The van der Waals surface area contributed by atoms with E-state index in [0.717, 1.165) is 36.5 Å². The highest BCUT2D eigenvalue weighted by Gasteiger charge is 2.15. The quantitative estimate of drug-likeness (QED) is 0.850. The maximum atomic E-state index is 5.42. The van der Waals surface area contributed by atoms with E-state index in [9.17, 15) is 0 Å². The van der Waals surface area contributed by atoms with Gasteiger partial charge in [-0.1, -0.05) is 19.1 Å². The Morgan fingerprint density at radius 2 is 2.19 bits per heavy atom. The zero-order valence-corrected chi connectivity index (χ0v) is 13.3. The van der Waals surface area contributed by atoms with Crippen LogP contribution >= 0.6 is 0 Å². The minimum atomic E-state index is 0.194. The molecule has 5 nitrogen and oxygen atoms in total. The Bertz CT molecular complexity index is 579. The average Bonchev–Trinajstić information content (AvgIpc) is 2.93. The first kappa shape index (κ1) is 15.5. The van der Waals surface area contributed by atoms with E-state index in [1.54, 1.807) is 13.4 Å². The summed E-state index contributed by atoms with van der Waals surface area (Å²) >= 11 is 0. The molecule has 1 aromatic carbocycles. The number of methoxy groups -OCH3 is 1. The molecule has 1 N–H and O–H groups in total. The maximum Gasteiger partial charge on any atom is 0.138 e. The van der Waals surface area contributed by atoms with E-state index in [-0.39, 0.29) is 6.04 Å². The van der Waals surface area contributed by atoms with Gasteiger partial charge in [0.15, 0.2) is 0 Å². The Balaban J connectivity index is 2.21. The predicted octanol–water partition coefficient (Wildman–Crippen LogP) is 2.51. The zero-order chi connectivity index (χ0) is 15.2. The normalized spacial score (nSPS) is 12.4. The van der Waals surface area contributed by atoms with Gasteiger partial charge in [-0.2, -0.15) is 5.10 Å². The summed E-state index contributed by atoms with van der Waals surface area (Å²) in [5, 5.41) is 7.65. The number of rotatable bonds is 7. The van der Waals surface area contributed by atoms with Crippen LogP contribution in [0.1, 0.15) is 36.3 Å². The average molecular weight is 288 g/mol. The number of nitrogens with one attached hydrogen (secondary N) is 1. The summed E-state index contributed by atoms with van der Waals surface area (Å²) in [6, 6.07) is 6.52. The van der Waals surface area contributed by atoms with Crippen LogP contribution in [0.2, 0.25) is 0 Å². The first-order valence-electron chi connectivity index (χ1n) is 7.38. The van der Waals surface area contributed by atoms with Crippen molar-refractivity contribution in [3.05, 3.63) is 41.5 Å². The first-order chi connectivity index (χ1) is 10.2. The molecule has 114 valence electrons. The van der Waals surface area contributed by atoms with Crippen molar-refractivity contribution < 1.29 is 4.74 Å². The van der Waals surface area contributed by atoms with Crippen LogP contribution in [-0.4, -0.2) is 28.9 Å². The number of aromatic nitrogens is 3. The monoisotopic (exact) mass is 288 g/mol. The second kappa shape index (κ2) is 7.22. The van der Waals surface area contributed by atoms with Gasteiger partial charge < -0.3 is 10.1 Å². The Labute approximate surface area is 126 Å². The van der Waals surface area contributed by atoms with Gasteiger partial charge in [0, 0.05) is 19.0 Å². The minimum Gasteiger partial charge on any atom is -0.496 e. The van der Waals surface area contributed by atoms with Gasteiger partial charge in [-0.3, -0.25) is 4.68 Å². The molecule has 0 fully saturated rings. The molecule has 0 aliphatic heterocycles.